The Hall–Kier alpha value is -0.550. The number of halogens is 3. The first-order valence-corrected chi connectivity index (χ1v) is 8.20. The fraction of sp³-hybridized carbons (Fsp3) is 0.923. The summed E-state index contributed by atoms with van der Waals surface area (Å²) in [4.78, 5) is 11.3. The predicted molar refractivity (Wildman–Crippen MR) is 75.7 cm³/mol. The van der Waals surface area contributed by atoms with Crippen LogP contribution in [-0.4, -0.2) is 62.8 Å². The van der Waals surface area contributed by atoms with E-state index in [2.05, 4.69) is 0 Å². The summed E-state index contributed by atoms with van der Waals surface area (Å²) < 4.78 is 58.8. The van der Waals surface area contributed by atoms with Crippen molar-refractivity contribution in [1.82, 2.24) is 4.72 Å². The van der Waals surface area contributed by atoms with Crippen LogP contribution in [0, 0.1) is 0 Å². The molecule has 0 aromatic heterocycles. The minimum Gasteiger partial charge on any atom is -0.376 e. The Morgan fingerprint density at radius 2 is 1.91 bits per heavy atom. The normalized spacial score (nSPS) is 24.3. The monoisotopic (exact) mass is 359 g/mol. The number of carbonyl (C=O) groups is 1. The Morgan fingerprint density at radius 1 is 1.26 bits per heavy atom. The molecule has 2 aliphatic heterocycles. The van der Waals surface area contributed by atoms with Gasteiger partial charge in [-0.3, -0.25) is 9.52 Å². The van der Waals surface area contributed by atoms with Crippen molar-refractivity contribution in [2.45, 2.75) is 43.1 Å². The molecule has 134 valence electrons. The standard InChI is InChI=1S/C13H20F3NO5S/c14-13(15,16)23-17-12(18)3-1-2-9(20-7-11-8-22-11)4-19-5-10-6-21-10/h9-11H,1-8H2,(H,17,18). The van der Waals surface area contributed by atoms with Crippen LogP contribution in [0.5, 0.6) is 0 Å². The van der Waals surface area contributed by atoms with Gasteiger partial charge in [0.15, 0.2) is 0 Å². The van der Waals surface area contributed by atoms with Gasteiger partial charge in [0.1, 0.15) is 12.2 Å². The molecular weight excluding hydrogens is 339 g/mol. The number of hydrogen-bond acceptors (Lipinski definition) is 6. The van der Waals surface area contributed by atoms with Crippen LogP contribution in [-0.2, 0) is 23.7 Å². The lowest BCUT2D eigenvalue weighted by Crippen LogP contribution is -2.25. The van der Waals surface area contributed by atoms with Crippen molar-refractivity contribution in [3.63, 3.8) is 0 Å². The molecule has 2 fully saturated rings. The van der Waals surface area contributed by atoms with Gasteiger partial charge < -0.3 is 18.9 Å². The van der Waals surface area contributed by atoms with Gasteiger partial charge >= 0.3 is 5.51 Å². The SMILES string of the molecule is O=C(CCCC(COCC1CO1)OCC1CO1)NSC(F)(F)F. The summed E-state index contributed by atoms with van der Waals surface area (Å²) >= 11 is -0.539. The number of rotatable bonds is 12. The van der Waals surface area contributed by atoms with E-state index < -0.39 is 23.4 Å². The van der Waals surface area contributed by atoms with Crippen molar-refractivity contribution in [2.24, 2.45) is 0 Å². The molecule has 0 saturated carbocycles. The molecule has 2 saturated heterocycles. The Kier molecular flexibility index (Phi) is 7.41. The summed E-state index contributed by atoms with van der Waals surface area (Å²) in [5.41, 5.74) is -4.47. The maximum atomic E-state index is 11.9. The molecule has 0 spiro atoms. The van der Waals surface area contributed by atoms with Gasteiger partial charge in [-0.1, -0.05) is 0 Å². The highest BCUT2D eigenvalue weighted by Gasteiger charge is 2.30. The average molecular weight is 359 g/mol. The van der Waals surface area contributed by atoms with E-state index in [0.29, 0.717) is 45.9 Å². The number of carbonyl (C=O) groups excluding carboxylic acids is 1. The van der Waals surface area contributed by atoms with Gasteiger partial charge in [0.05, 0.1) is 51.1 Å². The van der Waals surface area contributed by atoms with Gasteiger partial charge in [-0.2, -0.15) is 13.2 Å². The molecule has 1 amide bonds. The van der Waals surface area contributed by atoms with E-state index in [9.17, 15) is 18.0 Å². The average Bonchev–Trinajstić information content (AvgIpc) is 3.35. The molecular formula is C13H20F3NO5S. The molecule has 23 heavy (non-hydrogen) atoms. The molecule has 3 unspecified atom stereocenters. The summed E-state index contributed by atoms with van der Waals surface area (Å²) in [6, 6.07) is 0. The van der Waals surface area contributed by atoms with Crippen molar-refractivity contribution < 1.29 is 36.9 Å². The van der Waals surface area contributed by atoms with E-state index >= 15 is 0 Å². The van der Waals surface area contributed by atoms with Crippen LogP contribution < -0.4 is 4.72 Å². The summed E-state index contributed by atoms with van der Waals surface area (Å²) in [6.45, 7) is 2.72. The fourth-order valence-electron chi connectivity index (χ4n) is 1.77. The molecule has 0 aromatic rings. The predicted octanol–water partition coefficient (Wildman–Crippen LogP) is 1.64. The molecule has 10 heteroatoms. The van der Waals surface area contributed by atoms with Crippen molar-refractivity contribution in [2.75, 3.05) is 33.0 Å². The van der Waals surface area contributed by atoms with E-state index in [-0.39, 0.29) is 24.7 Å². The van der Waals surface area contributed by atoms with Crippen LogP contribution >= 0.6 is 11.9 Å². The minimum atomic E-state index is -4.47. The Bertz CT molecular complexity index is 377. The van der Waals surface area contributed by atoms with E-state index in [1.807, 2.05) is 0 Å². The van der Waals surface area contributed by atoms with Gasteiger partial charge in [-0.15, -0.1) is 0 Å². The molecule has 1 N–H and O–H groups in total. The van der Waals surface area contributed by atoms with Crippen LogP contribution in [0.15, 0.2) is 0 Å². The molecule has 3 atom stereocenters. The van der Waals surface area contributed by atoms with Crippen molar-refractivity contribution in [3.8, 4) is 0 Å². The maximum Gasteiger partial charge on any atom is 0.461 e. The van der Waals surface area contributed by atoms with E-state index in [1.165, 1.54) is 0 Å². The molecule has 2 rings (SSSR count). The largest absolute Gasteiger partial charge is 0.461 e. The van der Waals surface area contributed by atoms with Crippen LogP contribution in [0.25, 0.3) is 0 Å². The van der Waals surface area contributed by atoms with Crippen LogP contribution in [0.1, 0.15) is 19.3 Å². The molecule has 6 nitrogen and oxygen atoms in total. The van der Waals surface area contributed by atoms with Gasteiger partial charge in [-0.25, -0.2) is 0 Å². The minimum absolute atomic E-state index is 0.00854. The third-order valence-corrected chi connectivity index (χ3v) is 3.70. The summed E-state index contributed by atoms with van der Waals surface area (Å²) in [7, 11) is 0. The molecule has 0 radical (unpaired) electrons. The summed E-state index contributed by atoms with van der Waals surface area (Å²) in [5, 5.41) is 0. The topological polar surface area (TPSA) is 72.6 Å². The Balaban J connectivity index is 1.57. The van der Waals surface area contributed by atoms with Crippen molar-refractivity contribution >= 4 is 17.9 Å². The third-order valence-electron chi connectivity index (χ3n) is 3.14. The second-order valence-electron chi connectivity index (χ2n) is 5.37. The lowest BCUT2D eigenvalue weighted by Gasteiger charge is -2.17. The number of alkyl halides is 3. The highest BCUT2D eigenvalue weighted by molar-refractivity contribution is 7.98. The van der Waals surface area contributed by atoms with Gasteiger partial charge in [-0.05, 0) is 12.8 Å². The highest BCUT2D eigenvalue weighted by Crippen LogP contribution is 2.27. The number of amides is 1. The van der Waals surface area contributed by atoms with E-state index in [1.54, 1.807) is 4.72 Å². The number of ether oxygens (including phenoxy) is 4. The summed E-state index contributed by atoms with van der Waals surface area (Å²) in [5.74, 6) is -0.649. The lowest BCUT2D eigenvalue weighted by molar-refractivity contribution is -0.119. The van der Waals surface area contributed by atoms with Crippen molar-refractivity contribution in [1.29, 1.82) is 0 Å². The molecule has 0 bridgehead atoms. The van der Waals surface area contributed by atoms with E-state index in [4.69, 9.17) is 18.9 Å². The second-order valence-corrected chi connectivity index (χ2v) is 6.24. The highest BCUT2D eigenvalue weighted by atomic mass is 32.2. The molecule has 2 aliphatic rings. The first-order chi connectivity index (χ1) is 10.9. The van der Waals surface area contributed by atoms with E-state index in [0.717, 1.165) is 0 Å². The maximum absolute atomic E-state index is 11.9. The smallest absolute Gasteiger partial charge is 0.376 e. The Labute approximate surface area is 136 Å². The van der Waals surface area contributed by atoms with Crippen LogP contribution in [0.4, 0.5) is 13.2 Å². The number of nitrogens with one attached hydrogen (secondary N) is 1. The fourth-order valence-corrected chi connectivity index (χ4v) is 2.11. The number of hydrogen-bond donors (Lipinski definition) is 1. The first-order valence-electron chi connectivity index (χ1n) is 7.38. The third kappa shape index (κ3) is 10.0. The van der Waals surface area contributed by atoms with Gasteiger partial charge in [0.2, 0.25) is 5.91 Å². The van der Waals surface area contributed by atoms with Gasteiger partial charge in [0, 0.05) is 6.42 Å². The molecule has 2 heterocycles. The zero-order valence-corrected chi connectivity index (χ0v) is 13.3. The summed E-state index contributed by atoms with van der Waals surface area (Å²) in [6.07, 6.45) is 1.03. The lowest BCUT2D eigenvalue weighted by atomic mass is 10.1. The molecule has 0 aromatic carbocycles. The second kappa shape index (κ2) is 9.07. The Morgan fingerprint density at radius 3 is 2.52 bits per heavy atom. The quantitative estimate of drug-likeness (QED) is 0.422. The van der Waals surface area contributed by atoms with Crippen LogP contribution in [0.2, 0.25) is 0 Å². The van der Waals surface area contributed by atoms with Crippen molar-refractivity contribution in [3.05, 3.63) is 0 Å². The first kappa shape index (κ1) is 18.8. The zero-order chi connectivity index (χ0) is 16.7. The number of epoxide rings is 2. The zero-order valence-electron chi connectivity index (χ0n) is 12.5. The molecule has 0 aliphatic carbocycles. The van der Waals surface area contributed by atoms with Gasteiger partial charge in [0.25, 0.3) is 0 Å². The van der Waals surface area contributed by atoms with Crippen LogP contribution in [0.3, 0.4) is 0 Å².